The summed E-state index contributed by atoms with van der Waals surface area (Å²) in [5.41, 5.74) is -0.743. The fourth-order valence-corrected chi connectivity index (χ4v) is 1.98. The summed E-state index contributed by atoms with van der Waals surface area (Å²) in [6.45, 7) is 10.2. The molecule has 1 atom stereocenters. The van der Waals surface area contributed by atoms with Gasteiger partial charge in [-0.2, -0.15) is 5.26 Å². The van der Waals surface area contributed by atoms with Gasteiger partial charge in [0, 0.05) is 6.54 Å². The van der Waals surface area contributed by atoms with Gasteiger partial charge in [-0.05, 0) is 25.7 Å². The van der Waals surface area contributed by atoms with Gasteiger partial charge in [0.15, 0.2) is 11.7 Å². The highest BCUT2D eigenvalue weighted by molar-refractivity contribution is 6.14. The van der Waals surface area contributed by atoms with E-state index in [1.807, 2.05) is 0 Å². The van der Waals surface area contributed by atoms with Crippen molar-refractivity contribution < 1.29 is 9.59 Å². The number of nitriles is 1. The van der Waals surface area contributed by atoms with Crippen molar-refractivity contribution in [2.24, 2.45) is 11.3 Å². The minimum absolute atomic E-state index is 0.101. The first-order valence-electron chi connectivity index (χ1n) is 5.86. The minimum atomic E-state index is -1.11. The molecule has 1 fully saturated rings. The third kappa shape index (κ3) is 2.49. The topological polar surface area (TPSA) is 61.2 Å². The van der Waals surface area contributed by atoms with Crippen molar-refractivity contribution in [2.45, 2.75) is 46.6 Å². The van der Waals surface area contributed by atoms with Gasteiger partial charge in [-0.15, -0.1) is 0 Å². The number of ketones is 1. The van der Waals surface area contributed by atoms with Crippen LogP contribution in [0.1, 0.15) is 41.0 Å². The van der Waals surface area contributed by atoms with Crippen molar-refractivity contribution in [3.63, 3.8) is 0 Å². The maximum Gasteiger partial charge on any atom is 0.248 e. The van der Waals surface area contributed by atoms with Crippen LogP contribution in [0.5, 0.6) is 0 Å². The van der Waals surface area contributed by atoms with Crippen molar-refractivity contribution in [2.75, 3.05) is 6.54 Å². The molecule has 4 heteroatoms. The van der Waals surface area contributed by atoms with Crippen LogP contribution in [0.25, 0.3) is 0 Å². The SMILES string of the molecule is CC(C)(C)CCN1C(=O)C(C#N)C(=O)C1(C)C. The van der Waals surface area contributed by atoms with Crippen molar-refractivity contribution in [3.05, 3.63) is 0 Å². The second-order valence-electron chi connectivity index (χ2n) is 6.29. The highest BCUT2D eigenvalue weighted by Crippen LogP contribution is 2.32. The van der Waals surface area contributed by atoms with Gasteiger partial charge in [-0.1, -0.05) is 20.8 Å². The van der Waals surface area contributed by atoms with Crippen molar-refractivity contribution in [1.82, 2.24) is 4.90 Å². The molecule has 1 amide bonds. The van der Waals surface area contributed by atoms with E-state index in [0.717, 1.165) is 6.42 Å². The quantitative estimate of drug-likeness (QED) is 0.686. The first-order valence-corrected chi connectivity index (χ1v) is 5.86. The van der Waals surface area contributed by atoms with E-state index < -0.39 is 11.5 Å². The standard InChI is InChI=1S/C13H20N2O2/c1-12(2,3)6-7-15-11(17)9(8-14)10(16)13(15,4)5/h9H,6-7H2,1-5H3. The molecule has 17 heavy (non-hydrogen) atoms. The fourth-order valence-electron chi connectivity index (χ4n) is 1.98. The fraction of sp³-hybridized carbons (Fsp3) is 0.769. The molecule has 0 aromatic carbocycles. The zero-order valence-electron chi connectivity index (χ0n) is 11.2. The van der Waals surface area contributed by atoms with Gasteiger partial charge >= 0.3 is 0 Å². The van der Waals surface area contributed by atoms with E-state index in [1.165, 1.54) is 0 Å². The van der Waals surface area contributed by atoms with Gasteiger partial charge in [0.2, 0.25) is 5.91 Å². The van der Waals surface area contributed by atoms with Crippen molar-refractivity contribution in [3.8, 4) is 6.07 Å². The van der Waals surface area contributed by atoms with Crippen LogP contribution in [0.3, 0.4) is 0 Å². The monoisotopic (exact) mass is 236 g/mol. The largest absolute Gasteiger partial charge is 0.329 e. The summed E-state index contributed by atoms with van der Waals surface area (Å²) in [4.78, 5) is 25.4. The molecule has 1 heterocycles. The van der Waals surface area contributed by atoms with E-state index in [4.69, 9.17) is 5.26 Å². The van der Waals surface area contributed by atoms with E-state index in [-0.39, 0.29) is 17.1 Å². The highest BCUT2D eigenvalue weighted by Gasteiger charge is 2.52. The van der Waals surface area contributed by atoms with Gasteiger partial charge in [-0.25, -0.2) is 0 Å². The third-order valence-corrected chi connectivity index (χ3v) is 3.27. The minimum Gasteiger partial charge on any atom is -0.329 e. The Kier molecular flexibility index (Phi) is 3.33. The van der Waals surface area contributed by atoms with Gasteiger partial charge in [0.05, 0.1) is 11.6 Å². The van der Waals surface area contributed by atoms with Crippen LogP contribution in [0.15, 0.2) is 0 Å². The lowest BCUT2D eigenvalue weighted by Crippen LogP contribution is -2.45. The number of likely N-dealkylation sites (tertiary alicyclic amines) is 1. The van der Waals surface area contributed by atoms with E-state index in [0.29, 0.717) is 6.54 Å². The molecule has 1 rings (SSSR count). The van der Waals surface area contributed by atoms with Crippen LogP contribution in [0, 0.1) is 22.7 Å². The lowest BCUT2D eigenvalue weighted by Gasteiger charge is -2.32. The van der Waals surface area contributed by atoms with Gasteiger partial charge < -0.3 is 4.90 Å². The number of hydrogen-bond donors (Lipinski definition) is 0. The smallest absolute Gasteiger partial charge is 0.248 e. The second kappa shape index (κ2) is 4.14. The molecule has 1 aliphatic rings. The first kappa shape index (κ1) is 13.7. The zero-order chi connectivity index (χ0) is 13.4. The maximum absolute atomic E-state index is 12.0. The number of carbonyl (C=O) groups excluding carboxylic acids is 2. The summed E-state index contributed by atoms with van der Waals surface area (Å²) in [5, 5.41) is 8.87. The van der Waals surface area contributed by atoms with Crippen LogP contribution in [-0.4, -0.2) is 28.7 Å². The van der Waals surface area contributed by atoms with Gasteiger partial charge in [0.1, 0.15) is 0 Å². The molecule has 0 aromatic heterocycles. The molecular formula is C13H20N2O2. The highest BCUT2D eigenvalue weighted by atomic mass is 16.2. The normalized spacial score (nSPS) is 24.0. The van der Waals surface area contributed by atoms with Crippen LogP contribution >= 0.6 is 0 Å². The average Bonchev–Trinajstić information content (AvgIpc) is 2.31. The summed E-state index contributed by atoms with van der Waals surface area (Å²) >= 11 is 0. The predicted octanol–water partition coefficient (Wildman–Crippen LogP) is 1.75. The van der Waals surface area contributed by atoms with Gasteiger partial charge in [-0.3, -0.25) is 9.59 Å². The Hall–Kier alpha value is -1.37. The summed E-state index contributed by atoms with van der Waals surface area (Å²) in [6.07, 6.45) is 0.813. The maximum atomic E-state index is 12.0. The molecule has 1 unspecified atom stereocenters. The predicted molar refractivity (Wildman–Crippen MR) is 64.0 cm³/mol. The lowest BCUT2D eigenvalue weighted by atomic mass is 9.91. The number of Topliss-reactive ketones (excluding diaryl/α,β-unsaturated/α-hetero) is 1. The van der Waals surface area contributed by atoms with Crippen LogP contribution in [0.4, 0.5) is 0 Å². The van der Waals surface area contributed by atoms with Crippen LogP contribution in [-0.2, 0) is 9.59 Å². The summed E-state index contributed by atoms with van der Waals surface area (Å²) in [7, 11) is 0. The van der Waals surface area contributed by atoms with Crippen LogP contribution < -0.4 is 0 Å². The number of nitrogens with zero attached hydrogens (tertiary/aromatic N) is 2. The second-order valence-corrected chi connectivity index (χ2v) is 6.29. The zero-order valence-corrected chi connectivity index (χ0v) is 11.2. The third-order valence-electron chi connectivity index (χ3n) is 3.27. The Bertz CT molecular complexity index is 385. The summed E-state index contributed by atoms with van der Waals surface area (Å²) < 4.78 is 0. The molecule has 0 aliphatic carbocycles. The molecular weight excluding hydrogens is 216 g/mol. The first-order chi connectivity index (χ1) is 7.61. The molecule has 0 spiro atoms. The number of rotatable bonds is 2. The van der Waals surface area contributed by atoms with Gasteiger partial charge in [0.25, 0.3) is 0 Å². The Morgan fingerprint density at radius 2 is 1.88 bits per heavy atom. The Labute approximate surface area is 103 Å². The molecule has 94 valence electrons. The average molecular weight is 236 g/mol. The van der Waals surface area contributed by atoms with E-state index in [9.17, 15) is 9.59 Å². The molecule has 0 saturated carbocycles. The Morgan fingerprint density at radius 1 is 1.35 bits per heavy atom. The molecule has 0 radical (unpaired) electrons. The molecule has 0 N–H and O–H groups in total. The van der Waals surface area contributed by atoms with Crippen molar-refractivity contribution >= 4 is 11.7 Å². The number of amides is 1. The summed E-state index contributed by atoms with van der Waals surface area (Å²) in [6, 6.07) is 1.81. The molecule has 4 nitrogen and oxygen atoms in total. The molecule has 0 aromatic rings. The molecule has 0 bridgehead atoms. The summed E-state index contributed by atoms with van der Waals surface area (Å²) in [5.74, 6) is -1.73. The van der Waals surface area contributed by atoms with E-state index in [1.54, 1.807) is 24.8 Å². The molecule has 1 aliphatic heterocycles. The number of hydrogen-bond acceptors (Lipinski definition) is 3. The Morgan fingerprint density at radius 3 is 2.24 bits per heavy atom. The van der Waals surface area contributed by atoms with E-state index in [2.05, 4.69) is 20.8 Å². The number of carbonyl (C=O) groups is 2. The van der Waals surface area contributed by atoms with E-state index >= 15 is 0 Å². The Balaban J connectivity index is 2.89. The lowest BCUT2D eigenvalue weighted by molar-refractivity contribution is -0.132. The van der Waals surface area contributed by atoms with Crippen LogP contribution in [0.2, 0.25) is 0 Å². The molecule has 1 saturated heterocycles. The van der Waals surface area contributed by atoms with Crippen molar-refractivity contribution in [1.29, 1.82) is 5.26 Å².